The van der Waals surface area contributed by atoms with E-state index in [1.807, 2.05) is 35.9 Å². The van der Waals surface area contributed by atoms with Gasteiger partial charge in [-0.3, -0.25) is 4.79 Å². The minimum atomic E-state index is -4.03. The summed E-state index contributed by atoms with van der Waals surface area (Å²) in [6, 6.07) is 18.9. The van der Waals surface area contributed by atoms with Gasteiger partial charge in [0.1, 0.15) is 10.6 Å². The van der Waals surface area contributed by atoms with Crippen LogP contribution in [-0.2, 0) is 17.2 Å². The molecule has 1 aromatic heterocycles. The predicted molar refractivity (Wildman–Crippen MR) is 105 cm³/mol. The third kappa shape index (κ3) is 2.98. The smallest absolute Gasteiger partial charge is 0.339 e. The highest BCUT2D eigenvalue weighted by molar-refractivity contribution is 7.87. The van der Waals surface area contributed by atoms with Gasteiger partial charge in [0.05, 0.1) is 0 Å². The Morgan fingerprint density at radius 3 is 2.41 bits per heavy atom. The molecule has 0 aliphatic rings. The molecular weight excluding hydrogens is 362 g/mol. The number of hydrogen-bond acceptors (Lipinski definition) is 4. The standard InChI is InChI=1S/C21H17NO4S/c1-14(23)15-6-5-7-16(12-15)26-27(24,25)17-10-11-21-19(13-17)18-8-3-4-9-20(18)22(21)2/h3-13H,1-2H3. The maximum atomic E-state index is 12.8. The Bertz CT molecular complexity index is 1300. The number of benzene rings is 3. The molecule has 4 rings (SSSR count). The molecule has 0 atom stereocenters. The van der Waals surface area contributed by atoms with Crippen molar-refractivity contribution in [1.29, 1.82) is 0 Å². The number of carbonyl (C=O) groups is 1. The fourth-order valence-corrected chi connectivity index (χ4v) is 4.19. The Hall–Kier alpha value is -3.12. The van der Waals surface area contributed by atoms with E-state index < -0.39 is 10.1 Å². The molecule has 0 amide bonds. The number of aromatic nitrogens is 1. The lowest BCUT2D eigenvalue weighted by molar-refractivity contribution is 0.101. The van der Waals surface area contributed by atoms with Gasteiger partial charge >= 0.3 is 10.1 Å². The Labute approximate surface area is 156 Å². The lowest BCUT2D eigenvalue weighted by atomic mass is 10.1. The molecule has 4 aromatic rings. The first kappa shape index (κ1) is 17.3. The van der Waals surface area contributed by atoms with Crippen LogP contribution in [0.2, 0.25) is 0 Å². The zero-order valence-corrected chi connectivity index (χ0v) is 15.7. The Morgan fingerprint density at radius 2 is 1.63 bits per heavy atom. The maximum Gasteiger partial charge on any atom is 0.339 e. The molecule has 0 unspecified atom stereocenters. The largest absolute Gasteiger partial charge is 0.379 e. The number of nitrogens with zero attached hydrogens (tertiary/aromatic N) is 1. The minimum Gasteiger partial charge on any atom is -0.379 e. The first-order valence-electron chi connectivity index (χ1n) is 8.39. The van der Waals surface area contributed by atoms with Crippen molar-refractivity contribution < 1.29 is 17.4 Å². The molecular formula is C21H17NO4S. The number of carbonyl (C=O) groups excluding carboxylic acids is 1. The van der Waals surface area contributed by atoms with E-state index in [0.29, 0.717) is 5.56 Å². The minimum absolute atomic E-state index is 0.0691. The summed E-state index contributed by atoms with van der Waals surface area (Å²) < 4.78 is 32.8. The average molecular weight is 379 g/mol. The van der Waals surface area contributed by atoms with Crippen LogP contribution < -0.4 is 4.18 Å². The molecule has 0 saturated carbocycles. The van der Waals surface area contributed by atoms with Crippen molar-refractivity contribution in [2.45, 2.75) is 11.8 Å². The van der Waals surface area contributed by atoms with Gasteiger partial charge in [0.25, 0.3) is 0 Å². The lowest BCUT2D eigenvalue weighted by Crippen LogP contribution is -2.10. The second-order valence-corrected chi connectivity index (χ2v) is 7.92. The van der Waals surface area contributed by atoms with Crippen LogP contribution in [0.15, 0.2) is 71.6 Å². The number of Topliss-reactive ketones (excluding diaryl/α,β-unsaturated/α-hetero) is 1. The van der Waals surface area contributed by atoms with E-state index in [4.69, 9.17) is 4.18 Å². The van der Waals surface area contributed by atoms with Crippen LogP contribution in [0.4, 0.5) is 0 Å². The first-order chi connectivity index (χ1) is 12.9. The first-order valence-corrected chi connectivity index (χ1v) is 9.80. The van der Waals surface area contributed by atoms with Gasteiger partial charge in [0.2, 0.25) is 0 Å². The molecule has 0 radical (unpaired) electrons. The Balaban J connectivity index is 1.80. The van der Waals surface area contributed by atoms with Gasteiger partial charge < -0.3 is 8.75 Å². The molecule has 3 aromatic carbocycles. The molecule has 6 heteroatoms. The number of rotatable bonds is 4. The SMILES string of the molecule is CC(=O)c1cccc(OS(=O)(=O)c2ccc3c(c2)c2ccccc2n3C)c1. The van der Waals surface area contributed by atoms with Crippen LogP contribution in [-0.4, -0.2) is 18.8 Å². The summed E-state index contributed by atoms with van der Waals surface area (Å²) in [5, 5.41) is 1.82. The van der Waals surface area contributed by atoms with Gasteiger partial charge in [0.15, 0.2) is 5.78 Å². The molecule has 5 nitrogen and oxygen atoms in total. The summed E-state index contributed by atoms with van der Waals surface area (Å²) in [5.74, 6) is -0.0456. The van der Waals surface area contributed by atoms with Crippen LogP contribution >= 0.6 is 0 Å². The fourth-order valence-electron chi connectivity index (χ4n) is 3.24. The summed E-state index contributed by atoms with van der Waals surface area (Å²) in [6.45, 7) is 1.42. The Morgan fingerprint density at radius 1 is 0.889 bits per heavy atom. The molecule has 136 valence electrons. The normalized spacial score (nSPS) is 11.8. The molecule has 27 heavy (non-hydrogen) atoms. The Kier molecular flexibility index (Phi) is 4.00. The highest BCUT2D eigenvalue weighted by Gasteiger charge is 2.19. The fraction of sp³-hybridized carbons (Fsp3) is 0.0952. The van der Waals surface area contributed by atoms with Gasteiger partial charge in [-0.2, -0.15) is 8.42 Å². The average Bonchev–Trinajstić information content (AvgIpc) is 2.94. The lowest BCUT2D eigenvalue weighted by Gasteiger charge is -2.08. The highest BCUT2D eigenvalue weighted by atomic mass is 32.2. The summed E-state index contributed by atoms with van der Waals surface area (Å²) in [5.41, 5.74) is 2.36. The molecule has 0 bridgehead atoms. The van der Waals surface area contributed by atoms with Crippen molar-refractivity contribution in [2.24, 2.45) is 7.05 Å². The van der Waals surface area contributed by atoms with Crippen LogP contribution in [0, 0.1) is 0 Å². The van der Waals surface area contributed by atoms with Crippen molar-refractivity contribution in [3.05, 3.63) is 72.3 Å². The van der Waals surface area contributed by atoms with E-state index in [0.717, 1.165) is 21.8 Å². The highest BCUT2D eigenvalue weighted by Crippen LogP contribution is 2.30. The topological polar surface area (TPSA) is 65.4 Å². The number of ketones is 1. The zero-order chi connectivity index (χ0) is 19.2. The summed E-state index contributed by atoms with van der Waals surface area (Å²) in [7, 11) is -2.08. The van der Waals surface area contributed by atoms with Crippen LogP contribution in [0.3, 0.4) is 0 Å². The summed E-state index contributed by atoms with van der Waals surface area (Å²) in [6.07, 6.45) is 0. The van der Waals surface area contributed by atoms with E-state index in [2.05, 4.69) is 0 Å². The van der Waals surface area contributed by atoms with Gasteiger partial charge in [-0.05, 0) is 43.3 Å². The van der Waals surface area contributed by atoms with Crippen molar-refractivity contribution in [1.82, 2.24) is 4.57 Å². The molecule has 0 saturated heterocycles. The third-order valence-corrected chi connectivity index (χ3v) is 5.86. The number of fused-ring (bicyclic) bond motifs is 3. The third-order valence-electron chi connectivity index (χ3n) is 4.62. The van der Waals surface area contributed by atoms with E-state index >= 15 is 0 Å². The van der Waals surface area contributed by atoms with Crippen molar-refractivity contribution in [3.63, 3.8) is 0 Å². The summed E-state index contributed by atoms with van der Waals surface area (Å²) in [4.78, 5) is 11.6. The summed E-state index contributed by atoms with van der Waals surface area (Å²) >= 11 is 0. The number of aryl methyl sites for hydroxylation is 1. The van der Waals surface area contributed by atoms with E-state index in [-0.39, 0.29) is 16.4 Å². The number of para-hydroxylation sites is 1. The van der Waals surface area contributed by atoms with Gasteiger partial charge in [-0.25, -0.2) is 0 Å². The maximum absolute atomic E-state index is 12.8. The van der Waals surface area contributed by atoms with Crippen molar-refractivity contribution in [2.75, 3.05) is 0 Å². The molecule has 0 fully saturated rings. The van der Waals surface area contributed by atoms with Crippen LogP contribution in [0.5, 0.6) is 5.75 Å². The zero-order valence-electron chi connectivity index (χ0n) is 14.8. The van der Waals surface area contributed by atoms with Crippen molar-refractivity contribution in [3.8, 4) is 5.75 Å². The van der Waals surface area contributed by atoms with Crippen LogP contribution in [0.1, 0.15) is 17.3 Å². The van der Waals surface area contributed by atoms with E-state index in [1.165, 1.54) is 25.1 Å². The van der Waals surface area contributed by atoms with Gasteiger partial charge in [-0.1, -0.05) is 30.3 Å². The van der Waals surface area contributed by atoms with Crippen molar-refractivity contribution >= 4 is 37.7 Å². The van der Waals surface area contributed by atoms with E-state index in [1.54, 1.807) is 24.3 Å². The van der Waals surface area contributed by atoms with E-state index in [9.17, 15) is 13.2 Å². The van der Waals surface area contributed by atoms with Crippen LogP contribution in [0.25, 0.3) is 21.8 Å². The molecule has 0 aliphatic heterocycles. The predicted octanol–water partition coefficient (Wildman–Crippen LogP) is 4.30. The monoisotopic (exact) mass is 379 g/mol. The molecule has 0 spiro atoms. The molecule has 1 heterocycles. The van der Waals surface area contributed by atoms with Gasteiger partial charge in [-0.15, -0.1) is 0 Å². The second kappa shape index (κ2) is 6.25. The quantitative estimate of drug-likeness (QED) is 0.392. The van der Waals surface area contributed by atoms with Gasteiger partial charge in [0, 0.05) is 34.4 Å². The second-order valence-electron chi connectivity index (χ2n) is 6.38. The molecule has 0 N–H and O–H groups in total. The molecule has 0 aliphatic carbocycles. The number of hydrogen-bond donors (Lipinski definition) is 0.